The summed E-state index contributed by atoms with van der Waals surface area (Å²) >= 11 is 1.13. The quantitative estimate of drug-likeness (QED) is 0.748. The van der Waals surface area contributed by atoms with E-state index in [0.29, 0.717) is 53.7 Å². The molecule has 1 aromatic heterocycles. The zero-order valence-electron chi connectivity index (χ0n) is 16.4. The Morgan fingerprint density at radius 3 is 2.45 bits per heavy atom. The number of amides is 2. The molecule has 1 aliphatic heterocycles. The molecule has 0 atom stereocenters. The smallest absolute Gasteiger partial charge is 0.256 e. The number of carbonyl (C=O) groups excluding carboxylic acids is 2. The average Bonchev–Trinajstić information content (AvgIpc) is 3.05. The summed E-state index contributed by atoms with van der Waals surface area (Å²) in [6.45, 7) is 6.28. The summed E-state index contributed by atoms with van der Waals surface area (Å²) in [7, 11) is -3.62. The number of sulfonamides is 1. The summed E-state index contributed by atoms with van der Waals surface area (Å²) in [5.74, 6) is -0.594. The number of anilines is 2. The number of hydrogen-bond donors (Lipinski definition) is 2. The lowest BCUT2D eigenvalue weighted by molar-refractivity contribution is -0.114. The van der Waals surface area contributed by atoms with E-state index in [-0.39, 0.29) is 16.0 Å². The molecule has 3 rings (SSSR count). The van der Waals surface area contributed by atoms with Gasteiger partial charge in [-0.1, -0.05) is 6.07 Å². The van der Waals surface area contributed by atoms with E-state index in [9.17, 15) is 18.0 Å². The normalized spacial score (nSPS) is 15.1. The Kier molecular flexibility index (Phi) is 6.37. The van der Waals surface area contributed by atoms with Crippen molar-refractivity contribution in [2.24, 2.45) is 0 Å². The van der Waals surface area contributed by atoms with Crippen molar-refractivity contribution in [3.63, 3.8) is 0 Å². The number of carbonyl (C=O) groups is 2. The van der Waals surface area contributed by atoms with Gasteiger partial charge in [-0.25, -0.2) is 8.42 Å². The molecule has 1 aliphatic rings. The lowest BCUT2D eigenvalue weighted by atomic mass is 10.1. The van der Waals surface area contributed by atoms with Crippen molar-refractivity contribution in [1.29, 1.82) is 0 Å². The minimum atomic E-state index is -3.62. The third-order valence-corrected chi connectivity index (χ3v) is 8.00. The second kappa shape index (κ2) is 8.62. The van der Waals surface area contributed by atoms with Gasteiger partial charge in [0.2, 0.25) is 5.91 Å². The van der Waals surface area contributed by atoms with E-state index < -0.39 is 10.0 Å². The van der Waals surface area contributed by atoms with Crippen LogP contribution in [0.2, 0.25) is 0 Å². The molecule has 2 heterocycles. The molecule has 2 aromatic rings. The Morgan fingerprint density at radius 1 is 1.10 bits per heavy atom. The summed E-state index contributed by atoms with van der Waals surface area (Å²) < 4.78 is 32.5. The molecule has 2 amide bonds. The minimum Gasteiger partial charge on any atom is -0.379 e. The maximum absolute atomic E-state index is 12.8. The molecular formula is C19H23N3O5S2. The molecule has 2 N–H and O–H groups in total. The number of nitrogens with zero attached hydrogens (tertiary/aromatic N) is 1. The average molecular weight is 438 g/mol. The van der Waals surface area contributed by atoms with Crippen LogP contribution in [-0.2, 0) is 19.6 Å². The van der Waals surface area contributed by atoms with Crippen LogP contribution in [0.25, 0.3) is 0 Å². The SMILES string of the molecule is CC(=O)Nc1cccc(C(=O)Nc2cc(S(=O)(=O)N3CCOCC3)sc2C)c1C. The van der Waals surface area contributed by atoms with Gasteiger partial charge in [0.15, 0.2) is 0 Å². The maximum atomic E-state index is 12.8. The van der Waals surface area contributed by atoms with Crippen molar-refractivity contribution in [3.8, 4) is 0 Å². The summed E-state index contributed by atoms with van der Waals surface area (Å²) in [6.07, 6.45) is 0. The molecule has 0 spiro atoms. The van der Waals surface area contributed by atoms with E-state index >= 15 is 0 Å². The molecule has 1 saturated heterocycles. The zero-order chi connectivity index (χ0) is 21.2. The third kappa shape index (κ3) is 4.67. The summed E-state index contributed by atoms with van der Waals surface area (Å²) in [6, 6.07) is 6.55. The summed E-state index contributed by atoms with van der Waals surface area (Å²) in [4.78, 5) is 24.8. The number of hydrogen-bond acceptors (Lipinski definition) is 6. The Labute approximate surface area is 173 Å². The molecule has 8 nitrogen and oxygen atoms in total. The molecule has 0 unspecified atom stereocenters. The zero-order valence-corrected chi connectivity index (χ0v) is 18.1. The van der Waals surface area contributed by atoms with Crippen LogP contribution in [0.5, 0.6) is 0 Å². The van der Waals surface area contributed by atoms with Gasteiger partial charge in [0.1, 0.15) is 4.21 Å². The van der Waals surface area contributed by atoms with E-state index in [1.54, 1.807) is 32.0 Å². The molecule has 0 saturated carbocycles. The highest BCUT2D eigenvalue weighted by atomic mass is 32.2. The fraction of sp³-hybridized carbons (Fsp3) is 0.368. The topological polar surface area (TPSA) is 105 Å². The molecule has 1 aromatic carbocycles. The van der Waals surface area contributed by atoms with Crippen molar-refractivity contribution in [2.45, 2.75) is 25.0 Å². The molecule has 0 radical (unpaired) electrons. The van der Waals surface area contributed by atoms with Crippen LogP contribution in [0.4, 0.5) is 11.4 Å². The Morgan fingerprint density at radius 2 is 1.79 bits per heavy atom. The Balaban J connectivity index is 1.83. The molecular weight excluding hydrogens is 414 g/mol. The largest absolute Gasteiger partial charge is 0.379 e. The predicted molar refractivity (Wildman–Crippen MR) is 112 cm³/mol. The number of rotatable bonds is 5. The Hall–Kier alpha value is -2.27. The number of ether oxygens (including phenoxy) is 1. The second-order valence-corrected chi connectivity index (χ2v) is 10.1. The van der Waals surface area contributed by atoms with Crippen molar-refractivity contribution < 1.29 is 22.7 Å². The summed E-state index contributed by atoms with van der Waals surface area (Å²) in [5.41, 5.74) is 2.05. The van der Waals surface area contributed by atoms with Crippen molar-refractivity contribution in [1.82, 2.24) is 4.31 Å². The third-order valence-electron chi connectivity index (χ3n) is 4.60. The standard InChI is InChI=1S/C19H23N3O5S2/c1-12-15(5-4-6-16(12)20-14(3)23)19(24)21-17-11-18(28-13(17)2)29(25,26)22-7-9-27-10-8-22/h4-6,11H,7-10H2,1-3H3,(H,20,23)(H,21,24). The number of nitrogens with one attached hydrogen (secondary N) is 2. The van der Waals surface area contributed by atoms with Crippen LogP contribution in [0, 0.1) is 13.8 Å². The first-order valence-electron chi connectivity index (χ1n) is 9.07. The highest BCUT2D eigenvalue weighted by Gasteiger charge is 2.29. The van der Waals surface area contributed by atoms with Gasteiger partial charge in [-0.15, -0.1) is 11.3 Å². The lowest BCUT2D eigenvalue weighted by Gasteiger charge is -2.25. The molecule has 29 heavy (non-hydrogen) atoms. The van der Waals surface area contributed by atoms with Gasteiger partial charge in [-0.05, 0) is 37.6 Å². The van der Waals surface area contributed by atoms with Crippen LogP contribution in [0.3, 0.4) is 0 Å². The number of morpholine rings is 1. The van der Waals surface area contributed by atoms with Gasteiger partial charge in [0.25, 0.3) is 15.9 Å². The number of benzene rings is 1. The minimum absolute atomic E-state index is 0.191. The van der Waals surface area contributed by atoms with Gasteiger partial charge in [0.05, 0.1) is 18.9 Å². The van der Waals surface area contributed by atoms with Crippen LogP contribution in [-0.4, -0.2) is 50.8 Å². The van der Waals surface area contributed by atoms with Crippen molar-refractivity contribution in [2.75, 3.05) is 36.9 Å². The van der Waals surface area contributed by atoms with Crippen molar-refractivity contribution in [3.05, 3.63) is 40.3 Å². The Bertz CT molecular complexity index is 1040. The molecule has 0 aliphatic carbocycles. The maximum Gasteiger partial charge on any atom is 0.256 e. The lowest BCUT2D eigenvalue weighted by Crippen LogP contribution is -2.40. The predicted octanol–water partition coefficient (Wildman–Crippen LogP) is 2.60. The van der Waals surface area contributed by atoms with Crippen molar-refractivity contribution >= 4 is 44.5 Å². The fourth-order valence-electron chi connectivity index (χ4n) is 3.02. The number of thiophene rings is 1. The van der Waals surface area contributed by atoms with Gasteiger partial charge in [0, 0.05) is 36.1 Å². The van der Waals surface area contributed by atoms with Gasteiger partial charge >= 0.3 is 0 Å². The van der Waals surface area contributed by atoms with E-state index in [4.69, 9.17) is 4.74 Å². The van der Waals surface area contributed by atoms with Gasteiger partial charge in [-0.2, -0.15) is 4.31 Å². The van der Waals surface area contributed by atoms with Crippen LogP contribution < -0.4 is 10.6 Å². The first-order valence-corrected chi connectivity index (χ1v) is 11.3. The molecule has 0 bridgehead atoms. The molecule has 1 fully saturated rings. The van der Waals surface area contributed by atoms with E-state index in [1.165, 1.54) is 17.3 Å². The van der Waals surface area contributed by atoms with Gasteiger partial charge in [-0.3, -0.25) is 9.59 Å². The molecule has 10 heteroatoms. The van der Waals surface area contributed by atoms with E-state index in [0.717, 1.165) is 11.3 Å². The monoisotopic (exact) mass is 437 g/mol. The van der Waals surface area contributed by atoms with Gasteiger partial charge < -0.3 is 15.4 Å². The van der Waals surface area contributed by atoms with Crippen LogP contribution >= 0.6 is 11.3 Å². The first kappa shape index (κ1) is 21.4. The highest BCUT2D eigenvalue weighted by Crippen LogP contribution is 2.32. The molecule has 156 valence electrons. The first-order chi connectivity index (χ1) is 13.7. The van der Waals surface area contributed by atoms with E-state index in [2.05, 4.69) is 10.6 Å². The van der Waals surface area contributed by atoms with Crippen LogP contribution in [0.15, 0.2) is 28.5 Å². The number of aryl methyl sites for hydroxylation is 1. The summed E-state index contributed by atoms with van der Waals surface area (Å²) in [5, 5.41) is 5.49. The fourth-order valence-corrected chi connectivity index (χ4v) is 5.98. The second-order valence-electron chi connectivity index (χ2n) is 6.67. The van der Waals surface area contributed by atoms with Crippen LogP contribution in [0.1, 0.15) is 27.7 Å². The highest BCUT2D eigenvalue weighted by molar-refractivity contribution is 7.91. The van der Waals surface area contributed by atoms with E-state index in [1.807, 2.05) is 0 Å².